The van der Waals surface area contributed by atoms with Gasteiger partial charge in [-0.25, -0.2) is 9.50 Å². The molecule has 9 heteroatoms. The predicted molar refractivity (Wildman–Crippen MR) is 131 cm³/mol. The Bertz CT molecular complexity index is 1470. The fraction of sp³-hybridized carbons (Fsp3) is 0.269. The van der Waals surface area contributed by atoms with Crippen molar-refractivity contribution in [2.45, 2.75) is 26.0 Å². The molecular weight excluding hydrogens is 442 g/mol. The van der Waals surface area contributed by atoms with Crippen LogP contribution in [0.3, 0.4) is 0 Å². The van der Waals surface area contributed by atoms with E-state index in [1.54, 1.807) is 28.9 Å². The van der Waals surface area contributed by atoms with Crippen LogP contribution in [0.5, 0.6) is 0 Å². The monoisotopic (exact) mass is 467 g/mol. The number of hydrogen-bond donors (Lipinski definition) is 2. The zero-order valence-corrected chi connectivity index (χ0v) is 19.7. The second kappa shape index (κ2) is 8.91. The average Bonchev–Trinajstić information content (AvgIpc) is 3.36. The molecule has 0 saturated carbocycles. The third kappa shape index (κ3) is 4.37. The molecular formula is C26H25N7O2. The fourth-order valence-electron chi connectivity index (χ4n) is 4.60. The maximum atomic E-state index is 13.0. The Morgan fingerprint density at radius 3 is 2.57 bits per heavy atom. The Morgan fingerprint density at radius 1 is 1.11 bits per heavy atom. The molecule has 0 bridgehead atoms. The van der Waals surface area contributed by atoms with Crippen molar-refractivity contribution in [1.29, 1.82) is 5.26 Å². The van der Waals surface area contributed by atoms with Gasteiger partial charge in [-0.2, -0.15) is 10.4 Å². The van der Waals surface area contributed by atoms with Crippen molar-refractivity contribution < 1.29 is 9.90 Å². The van der Waals surface area contributed by atoms with E-state index in [0.717, 1.165) is 28.1 Å². The number of hydrogen-bond acceptors (Lipinski definition) is 7. The molecule has 2 N–H and O–H groups in total. The number of pyridine rings is 1. The Kier molecular flexibility index (Phi) is 5.76. The topological polar surface area (TPSA) is 119 Å². The highest BCUT2D eigenvalue weighted by atomic mass is 16.3. The number of rotatable bonds is 4. The number of carbonyl (C=O) groups excluding carboxylic acids is 1. The van der Waals surface area contributed by atoms with Gasteiger partial charge < -0.3 is 15.3 Å². The van der Waals surface area contributed by atoms with Crippen molar-refractivity contribution in [3.8, 4) is 28.5 Å². The summed E-state index contributed by atoms with van der Waals surface area (Å²) in [7, 11) is 1.90. The summed E-state index contributed by atoms with van der Waals surface area (Å²) in [5.41, 5.74) is 6.05. The van der Waals surface area contributed by atoms with E-state index in [1.807, 2.05) is 50.1 Å². The number of amides is 1. The Balaban J connectivity index is 1.65. The minimum Gasteiger partial charge on any atom is -0.390 e. The average molecular weight is 468 g/mol. The van der Waals surface area contributed by atoms with Crippen molar-refractivity contribution in [2.24, 2.45) is 0 Å². The predicted octanol–water partition coefficient (Wildman–Crippen LogP) is 2.35. The molecule has 1 amide bonds. The molecule has 0 aliphatic carbocycles. The number of benzene rings is 1. The van der Waals surface area contributed by atoms with Gasteiger partial charge in [0, 0.05) is 36.2 Å². The summed E-state index contributed by atoms with van der Waals surface area (Å²) in [4.78, 5) is 24.2. The first-order chi connectivity index (χ1) is 16.8. The van der Waals surface area contributed by atoms with Gasteiger partial charge in [0.15, 0.2) is 5.65 Å². The molecule has 0 unspecified atom stereocenters. The van der Waals surface area contributed by atoms with Gasteiger partial charge >= 0.3 is 0 Å². The lowest BCUT2D eigenvalue weighted by Crippen LogP contribution is -2.43. The van der Waals surface area contributed by atoms with E-state index in [1.165, 1.54) is 0 Å². The van der Waals surface area contributed by atoms with Gasteiger partial charge in [-0.1, -0.05) is 12.1 Å². The summed E-state index contributed by atoms with van der Waals surface area (Å²) in [6, 6.07) is 14.6. The van der Waals surface area contributed by atoms with E-state index in [4.69, 9.17) is 10.1 Å². The number of aliphatic hydroxyl groups excluding tert-OH is 1. The van der Waals surface area contributed by atoms with Crippen LogP contribution in [0.25, 0.3) is 28.0 Å². The van der Waals surface area contributed by atoms with E-state index in [2.05, 4.69) is 16.4 Å². The Labute approximate surface area is 202 Å². The van der Waals surface area contributed by atoms with Crippen LogP contribution < -0.4 is 5.32 Å². The summed E-state index contributed by atoms with van der Waals surface area (Å²) < 4.78 is 1.64. The summed E-state index contributed by atoms with van der Waals surface area (Å²) in [6.45, 7) is 4.93. The van der Waals surface area contributed by atoms with E-state index in [-0.39, 0.29) is 17.6 Å². The Hall–Kier alpha value is -4.13. The second-order valence-electron chi connectivity index (χ2n) is 9.00. The van der Waals surface area contributed by atoms with E-state index < -0.39 is 6.10 Å². The molecule has 1 aliphatic rings. The number of nitrogens with one attached hydrogen (secondary N) is 1. The summed E-state index contributed by atoms with van der Waals surface area (Å²) in [5, 5.41) is 27.3. The molecule has 4 heterocycles. The molecule has 176 valence electrons. The van der Waals surface area contributed by atoms with Gasteiger partial charge in [0.2, 0.25) is 0 Å². The van der Waals surface area contributed by atoms with Crippen LogP contribution in [0.2, 0.25) is 0 Å². The van der Waals surface area contributed by atoms with E-state index in [0.29, 0.717) is 30.0 Å². The lowest BCUT2D eigenvalue weighted by Gasteiger charge is -2.15. The lowest BCUT2D eigenvalue weighted by molar-refractivity contribution is 0.0883. The highest BCUT2D eigenvalue weighted by Gasteiger charge is 2.31. The zero-order valence-electron chi connectivity index (χ0n) is 19.7. The van der Waals surface area contributed by atoms with Crippen LogP contribution in [0.4, 0.5) is 0 Å². The maximum absolute atomic E-state index is 13.0. The largest absolute Gasteiger partial charge is 0.390 e. The molecule has 5 rings (SSSR count). The number of aromatic nitrogens is 4. The van der Waals surface area contributed by atoms with Gasteiger partial charge in [0.1, 0.15) is 11.4 Å². The minimum absolute atomic E-state index is 0.236. The number of nitrogens with zero attached hydrogens (tertiary/aromatic N) is 6. The molecule has 1 fully saturated rings. The van der Waals surface area contributed by atoms with Crippen molar-refractivity contribution in [1.82, 2.24) is 29.8 Å². The summed E-state index contributed by atoms with van der Waals surface area (Å²) in [6.07, 6.45) is 1.08. The number of likely N-dealkylation sites (tertiary alicyclic amines) is 1. The lowest BCUT2D eigenvalue weighted by atomic mass is 9.99. The highest BCUT2D eigenvalue weighted by molar-refractivity contribution is 5.95. The molecule has 3 aromatic heterocycles. The molecule has 0 radical (unpaired) electrons. The second-order valence-corrected chi connectivity index (χ2v) is 9.00. The number of aliphatic hydroxyl groups is 1. The van der Waals surface area contributed by atoms with Crippen LogP contribution in [-0.2, 0) is 0 Å². The van der Waals surface area contributed by atoms with Crippen LogP contribution in [-0.4, -0.2) is 67.8 Å². The van der Waals surface area contributed by atoms with Crippen LogP contribution in [0.15, 0.2) is 48.7 Å². The van der Waals surface area contributed by atoms with Crippen LogP contribution >= 0.6 is 0 Å². The third-order valence-corrected chi connectivity index (χ3v) is 6.14. The van der Waals surface area contributed by atoms with Gasteiger partial charge in [0.25, 0.3) is 5.91 Å². The number of aryl methyl sites for hydroxylation is 2. The van der Waals surface area contributed by atoms with Gasteiger partial charge in [-0.05, 0) is 56.8 Å². The normalized spacial score (nSPS) is 18.0. The van der Waals surface area contributed by atoms with Crippen LogP contribution in [0.1, 0.15) is 27.4 Å². The third-order valence-electron chi connectivity index (χ3n) is 6.14. The van der Waals surface area contributed by atoms with Crippen molar-refractivity contribution in [2.75, 3.05) is 20.1 Å². The highest BCUT2D eigenvalue weighted by Crippen LogP contribution is 2.35. The smallest absolute Gasteiger partial charge is 0.270 e. The maximum Gasteiger partial charge on any atom is 0.270 e. The summed E-state index contributed by atoms with van der Waals surface area (Å²) >= 11 is 0. The molecule has 35 heavy (non-hydrogen) atoms. The van der Waals surface area contributed by atoms with Crippen molar-refractivity contribution in [3.63, 3.8) is 0 Å². The molecule has 1 saturated heterocycles. The fourth-order valence-corrected chi connectivity index (χ4v) is 4.60. The quantitative estimate of drug-likeness (QED) is 0.473. The van der Waals surface area contributed by atoms with Gasteiger partial charge in [-0.3, -0.25) is 9.78 Å². The van der Waals surface area contributed by atoms with Gasteiger partial charge in [-0.15, -0.1) is 0 Å². The molecule has 1 aromatic carbocycles. The van der Waals surface area contributed by atoms with E-state index in [9.17, 15) is 15.2 Å². The Morgan fingerprint density at radius 2 is 1.89 bits per heavy atom. The first kappa shape index (κ1) is 22.7. The first-order valence-corrected chi connectivity index (χ1v) is 11.4. The van der Waals surface area contributed by atoms with Crippen LogP contribution in [0, 0.1) is 25.2 Å². The minimum atomic E-state index is -0.625. The number of nitriles is 1. The SMILES string of the molecule is Cc1cc(-c2c(-c3cccc(C#N)c3)nn3ccc(C(=O)N[C@H]4CN(C)C[C@H]4O)nc23)cc(C)n1. The molecule has 0 spiro atoms. The molecule has 1 aliphatic heterocycles. The molecule has 9 nitrogen and oxygen atoms in total. The van der Waals surface area contributed by atoms with E-state index >= 15 is 0 Å². The summed E-state index contributed by atoms with van der Waals surface area (Å²) in [5.74, 6) is -0.353. The van der Waals surface area contributed by atoms with Crippen molar-refractivity contribution >= 4 is 11.6 Å². The molecule has 4 aromatic rings. The van der Waals surface area contributed by atoms with Gasteiger partial charge in [0.05, 0.1) is 29.3 Å². The molecule has 2 atom stereocenters. The van der Waals surface area contributed by atoms with Crippen molar-refractivity contribution in [3.05, 3.63) is 71.3 Å². The zero-order chi connectivity index (χ0) is 24.7. The number of β-amino-alcohol motifs (C(OH)–C–C–N with tert-alkyl or cyclic N) is 1. The first-order valence-electron chi connectivity index (χ1n) is 11.4. The number of fused-ring (bicyclic) bond motifs is 1. The standard InChI is InChI=1S/C26H25N7O2/c1-15-9-19(10-16(2)28-15)23-24(18-6-4-5-17(11-18)12-27)31-33-8-7-20(29-25(23)33)26(35)30-21-13-32(3)14-22(21)34/h4-11,21-22,34H,13-14H2,1-3H3,(H,30,35)/t21-,22+/m0/s1. The number of carbonyl (C=O) groups is 1. The number of likely N-dealkylation sites (N-methyl/N-ethyl adjacent to an activating group) is 1.